The highest BCUT2D eigenvalue weighted by Gasteiger charge is 2.25. The molecule has 4 heterocycles. The fourth-order valence-electron chi connectivity index (χ4n) is 3.72. The Labute approximate surface area is 190 Å². The molecule has 32 heavy (non-hydrogen) atoms. The maximum Gasteiger partial charge on any atom is 0.323 e. The van der Waals surface area contributed by atoms with Crippen molar-refractivity contribution in [3.05, 3.63) is 29.5 Å². The molecule has 12 heteroatoms. The Hall–Kier alpha value is -3.28. The molecule has 0 unspecified atom stereocenters. The number of rotatable bonds is 4. The number of carbonyl (C=O) groups is 3. The maximum absolute atomic E-state index is 12.7. The minimum absolute atomic E-state index is 0.0159. The van der Waals surface area contributed by atoms with Crippen LogP contribution < -0.4 is 10.2 Å². The average molecular weight is 459 g/mol. The molecule has 2 aromatic heterocycles. The Morgan fingerprint density at radius 2 is 1.56 bits per heavy atom. The molecular formula is C20H26N8O3S. The molecule has 0 spiro atoms. The number of nitrogens with one attached hydrogen (secondary N) is 1. The van der Waals surface area contributed by atoms with Crippen LogP contribution in [-0.2, 0) is 16.0 Å². The van der Waals surface area contributed by atoms with E-state index in [0.29, 0.717) is 69.1 Å². The lowest BCUT2D eigenvalue weighted by atomic mass is 10.2. The molecule has 2 fully saturated rings. The second-order valence-electron chi connectivity index (χ2n) is 7.66. The molecule has 2 aliphatic rings. The van der Waals surface area contributed by atoms with Gasteiger partial charge >= 0.3 is 6.03 Å². The molecule has 0 bridgehead atoms. The van der Waals surface area contributed by atoms with Gasteiger partial charge in [-0.15, -0.1) is 11.3 Å². The van der Waals surface area contributed by atoms with Gasteiger partial charge in [0.2, 0.25) is 17.8 Å². The maximum atomic E-state index is 12.7. The minimum Gasteiger partial charge on any atom is -0.339 e. The second-order valence-corrected chi connectivity index (χ2v) is 8.52. The van der Waals surface area contributed by atoms with Crippen molar-refractivity contribution in [2.45, 2.75) is 13.3 Å². The Kier molecular flexibility index (Phi) is 6.78. The molecule has 0 aromatic carbocycles. The summed E-state index contributed by atoms with van der Waals surface area (Å²) in [4.78, 5) is 56.8. The monoisotopic (exact) mass is 458 g/mol. The van der Waals surface area contributed by atoms with E-state index in [2.05, 4.69) is 25.2 Å². The van der Waals surface area contributed by atoms with Gasteiger partial charge < -0.3 is 19.6 Å². The number of hydrogen-bond donors (Lipinski definition) is 1. The summed E-state index contributed by atoms with van der Waals surface area (Å²) >= 11 is 1.30. The molecule has 2 saturated heterocycles. The van der Waals surface area contributed by atoms with Crippen molar-refractivity contribution in [3.63, 3.8) is 0 Å². The zero-order valence-corrected chi connectivity index (χ0v) is 18.8. The molecule has 1 N–H and O–H groups in total. The first-order valence-corrected chi connectivity index (χ1v) is 11.4. The second kappa shape index (κ2) is 9.90. The number of hydrogen-bond acceptors (Lipinski definition) is 8. The highest BCUT2D eigenvalue weighted by molar-refractivity contribution is 7.13. The lowest BCUT2D eigenvalue weighted by Gasteiger charge is -2.34. The summed E-state index contributed by atoms with van der Waals surface area (Å²) in [7, 11) is 0. The first kappa shape index (κ1) is 21.9. The lowest BCUT2D eigenvalue weighted by Crippen LogP contribution is -2.51. The fraction of sp³-hybridized carbons (Fsp3) is 0.500. The molecule has 11 nitrogen and oxygen atoms in total. The number of anilines is 2. The van der Waals surface area contributed by atoms with Gasteiger partial charge in [0, 0.05) is 77.1 Å². The van der Waals surface area contributed by atoms with Crippen LogP contribution in [0.25, 0.3) is 0 Å². The van der Waals surface area contributed by atoms with Gasteiger partial charge in [-0.1, -0.05) is 0 Å². The number of nitrogens with zero attached hydrogens (tertiary/aromatic N) is 7. The number of piperazine rings is 2. The Morgan fingerprint density at radius 3 is 2.22 bits per heavy atom. The third-order valence-corrected chi connectivity index (χ3v) is 6.38. The van der Waals surface area contributed by atoms with Crippen LogP contribution in [0.4, 0.5) is 15.9 Å². The quantitative estimate of drug-likeness (QED) is 0.710. The first-order valence-electron chi connectivity index (χ1n) is 10.5. The van der Waals surface area contributed by atoms with Gasteiger partial charge in [0.15, 0.2) is 5.13 Å². The molecule has 0 saturated carbocycles. The highest BCUT2D eigenvalue weighted by Crippen LogP contribution is 2.18. The van der Waals surface area contributed by atoms with Gasteiger partial charge in [0.25, 0.3) is 0 Å². The van der Waals surface area contributed by atoms with Crippen LogP contribution in [0.2, 0.25) is 0 Å². The summed E-state index contributed by atoms with van der Waals surface area (Å²) in [5.41, 5.74) is 0.644. The van der Waals surface area contributed by atoms with E-state index in [4.69, 9.17) is 0 Å². The van der Waals surface area contributed by atoms with E-state index >= 15 is 0 Å². The van der Waals surface area contributed by atoms with Gasteiger partial charge in [0.1, 0.15) is 0 Å². The van der Waals surface area contributed by atoms with Crippen LogP contribution in [0, 0.1) is 0 Å². The van der Waals surface area contributed by atoms with Crippen molar-refractivity contribution in [1.29, 1.82) is 0 Å². The summed E-state index contributed by atoms with van der Waals surface area (Å²) in [6.45, 7) is 6.16. The fourth-order valence-corrected chi connectivity index (χ4v) is 4.42. The number of amides is 4. The SMILES string of the molecule is CC(=O)N1CCN(C(=O)Nc2nc(CC(=O)N3CCN(c4ncccn4)CC3)cs2)CC1. The van der Waals surface area contributed by atoms with Crippen molar-refractivity contribution in [2.24, 2.45) is 0 Å². The topological polar surface area (TPSA) is 115 Å². The lowest BCUT2D eigenvalue weighted by molar-refractivity contribution is -0.131. The van der Waals surface area contributed by atoms with Crippen molar-refractivity contribution >= 4 is 40.3 Å². The van der Waals surface area contributed by atoms with Gasteiger partial charge in [-0.2, -0.15) is 0 Å². The highest BCUT2D eigenvalue weighted by atomic mass is 32.1. The Balaban J connectivity index is 1.23. The normalized spacial score (nSPS) is 16.8. The molecule has 4 rings (SSSR count). The predicted molar refractivity (Wildman–Crippen MR) is 119 cm³/mol. The van der Waals surface area contributed by atoms with Crippen LogP contribution in [0.15, 0.2) is 23.8 Å². The summed E-state index contributed by atoms with van der Waals surface area (Å²) < 4.78 is 0. The largest absolute Gasteiger partial charge is 0.339 e. The molecule has 0 atom stereocenters. The molecule has 0 radical (unpaired) electrons. The van der Waals surface area contributed by atoms with Crippen molar-refractivity contribution in [3.8, 4) is 0 Å². The number of carbonyl (C=O) groups excluding carboxylic acids is 3. The summed E-state index contributed by atoms with van der Waals surface area (Å²) in [5, 5.41) is 5.07. The van der Waals surface area contributed by atoms with E-state index in [1.807, 2.05) is 4.90 Å². The van der Waals surface area contributed by atoms with Crippen molar-refractivity contribution < 1.29 is 14.4 Å². The van der Waals surface area contributed by atoms with Crippen LogP contribution >= 0.6 is 11.3 Å². The summed E-state index contributed by atoms with van der Waals surface area (Å²) in [6.07, 6.45) is 3.63. The van der Waals surface area contributed by atoms with Gasteiger partial charge in [-0.3, -0.25) is 14.9 Å². The predicted octanol–water partition coefficient (Wildman–Crippen LogP) is 0.520. The van der Waals surface area contributed by atoms with E-state index in [-0.39, 0.29) is 24.3 Å². The zero-order chi connectivity index (χ0) is 22.5. The standard InChI is InChI=1S/C20H26N8O3S/c1-15(29)25-5-11-28(12-6-25)20(31)24-19-23-16(14-32-19)13-17(30)26-7-9-27(10-8-26)18-21-3-2-4-22-18/h2-4,14H,5-13H2,1H3,(H,23,24,31). The molecule has 0 aliphatic carbocycles. The molecule has 170 valence electrons. The van der Waals surface area contributed by atoms with Gasteiger partial charge in [-0.25, -0.2) is 19.7 Å². The molecule has 2 aromatic rings. The molecule has 4 amide bonds. The van der Waals surface area contributed by atoms with E-state index < -0.39 is 0 Å². The Morgan fingerprint density at radius 1 is 0.938 bits per heavy atom. The van der Waals surface area contributed by atoms with E-state index in [9.17, 15) is 14.4 Å². The van der Waals surface area contributed by atoms with Crippen molar-refractivity contribution in [1.82, 2.24) is 29.7 Å². The third-order valence-electron chi connectivity index (χ3n) is 5.58. The number of urea groups is 1. The van der Waals surface area contributed by atoms with Crippen LogP contribution in [0.5, 0.6) is 0 Å². The Bertz CT molecular complexity index is 953. The smallest absolute Gasteiger partial charge is 0.323 e. The van der Waals surface area contributed by atoms with Gasteiger partial charge in [-0.05, 0) is 6.07 Å². The van der Waals surface area contributed by atoms with Crippen LogP contribution in [0.1, 0.15) is 12.6 Å². The molecule has 2 aliphatic heterocycles. The van der Waals surface area contributed by atoms with Crippen molar-refractivity contribution in [2.75, 3.05) is 62.6 Å². The number of aromatic nitrogens is 3. The van der Waals surface area contributed by atoms with Crippen LogP contribution in [0.3, 0.4) is 0 Å². The number of thiazole rings is 1. The van der Waals surface area contributed by atoms with E-state index in [0.717, 1.165) is 0 Å². The average Bonchev–Trinajstić information content (AvgIpc) is 3.26. The first-order chi connectivity index (χ1) is 15.5. The summed E-state index contributed by atoms with van der Waals surface area (Å²) in [6, 6.07) is 1.54. The van der Waals surface area contributed by atoms with E-state index in [1.165, 1.54) is 18.3 Å². The molecular weight excluding hydrogens is 432 g/mol. The van der Waals surface area contributed by atoms with E-state index in [1.54, 1.807) is 33.6 Å². The van der Waals surface area contributed by atoms with Gasteiger partial charge in [0.05, 0.1) is 12.1 Å². The zero-order valence-electron chi connectivity index (χ0n) is 17.9. The third kappa shape index (κ3) is 5.31. The summed E-state index contributed by atoms with van der Waals surface area (Å²) in [5.74, 6) is 0.721. The minimum atomic E-state index is -0.236. The van der Waals surface area contributed by atoms with Crippen LogP contribution in [-0.4, -0.2) is 99.9 Å².